The summed E-state index contributed by atoms with van der Waals surface area (Å²) in [4.78, 5) is 11.6. The number of H-pyrrole nitrogens is 1. The monoisotopic (exact) mass is 267 g/mol. The summed E-state index contributed by atoms with van der Waals surface area (Å²) in [6, 6.07) is 8.05. The van der Waals surface area contributed by atoms with Gasteiger partial charge in [0.05, 0.1) is 17.6 Å². The molecule has 1 aromatic heterocycles. The van der Waals surface area contributed by atoms with Gasteiger partial charge < -0.3 is 0 Å². The highest BCUT2D eigenvalue weighted by atomic mass is 32.2. The second-order valence-corrected chi connectivity index (χ2v) is 5.79. The summed E-state index contributed by atoms with van der Waals surface area (Å²) in [5, 5.41) is 2.88. The number of benzene rings is 1. The van der Waals surface area contributed by atoms with Crippen molar-refractivity contribution in [3.05, 3.63) is 46.4 Å². The van der Waals surface area contributed by atoms with Crippen molar-refractivity contribution in [1.29, 1.82) is 0 Å². The number of nitrogens with zero attached hydrogens (tertiary/aromatic N) is 1. The standard InChI is InChI=1S/C11H13N3O3S/c1-8-6-11(15)14(12-8)10-5-3-4-9(7-10)13-18(2,16)17/h3-7,12-13H,1-2H3. The second-order valence-electron chi connectivity index (χ2n) is 4.04. The van der Waals surface area contributed by atoms with Crippen LogP contribution in [0.3, 0.4) is 0 Å². The number of hydrogen-bond acceptors (Lipinski definition) is 3. The lowest BCUT2D eigenvalue weighted by atomic mass is 10.3. The highest BCUT2D eigenvalue weighted by Gasteiger charge is 2.06. The van der Waals surface area contributed by atoms with Crippen LogP contribution in [0.15, 0.2) is 35.1 Å². The number of anilines is 1. The van der Waals surface area contributed by atoms with E-state index in [-0.39, 0.29) is 5.56 Å². The number of aryl methyl sites for hydroxylation is 1. The van der Waals surface area contributed by atoms with E-state index >= 15 is 0 Å². The summed E-state index contributed by atoms with van der Waals surface area (Å²) >= 11 is 0. The normalized spacial score (nSPS) is 11.4. The summed E-state index contributed by atoms with van der Waals surface area (Å²) in [6.45, 7) is 1.77. The zero-order valence-electron chi connectivity index (χ0n) is 9.97. The molecular weight excluding hydrogens is 254 g/mol. The van der Waals surface area contributed by atoms with Crippen molar-refractivity contribution in [2.24, 2.45) is 0 Å². The predicted octanol–water partition coefficient (Wildman–Crippen LogP) is 0.846. The quantitative estimate of drug-likeness (QED) is 0.864. The Kier molecular flexibility index (Phi) is 3.00. The van der Waals surface area contributed by atoms with Crippen LogP contribution in [0.4, 0.5) is 5.69 Å². The van der Waals surface area contributed by atoms with E-state index in [2.05, 4.69) is 9.82 Å². The number of aromatic nitrogens is 2. The topological polar surface area (TPSA) is 84.0 Å². The van der Waals surface area contributed by atoms with Gasteiger partial charge in [-0.3, -0.25) is 14.6 Å². The largest absolute Gasteiger partial charge is 0.295 e. The summed E-state index contributed by atoms with van der Waals surface area (Å²) < 4.78 is 26.0. The average Bonchev–Trinajstić information content (AvgIpc) is 2.55. The van der Waals surface area contributed by atoms with Gasteiger partial charge in [-0.15, -0.1) is 0 Å². The Labute approximate surface area is 104 Å². The van der Waals surface area contributed by atoms with E-state index in [1.165, 1.54) is 10.7 Å². The summed E-state index contributed by atoms with van der Waals surface area (Å²) in [5.41, 5.74) is 1.53. The third-order valence-corrected chi connectivity index (χ3v) is 2.86. The third kappa shape index (κ3) is 2.80. The maximum atomic E-state index is 11.6. The summed E-state index contributed by atoms with van der Waals surface area (Å²) in [5.74, 6) is 0. The number of sulfonamides is 1. The molecule has 2 aromatic rings. The summed E-state index contributed by atoms with van der Waals surface area (Å²) in [7, 11) is -3.33. The van der Waals surface area contributed by atoms with Crippen LogP contribution >= 0.6 is 0 Å². The molecule has 0 saturated carbocycles. The highest BCUT2D eigenvalue weighted by Crippen LogP contribution is 2.13. The Morgan fingerprint density at radius 3 is 2.56 bits per heavy atom. The molecule has 2 rings (SSSR count). The van der Waals surface area contributed by atoms with Crippen LogP contribution in [0.2, 0.25) is 0 Å². The molecule has 0 aliphatic rings. The minimum Gasteiger partial charge on any atom is -0.295 e. The maximum absolute atomic E-state index is 11.6. The molecule has 18 heavy (non-hydrogen) atoms. The van der Waals surface area contributed by atoms with Crippen molar-refractivity contribution in [3.8, 4) is 5.69 Å². The van der Waals surface area contributed by atoms with Crippen molar-refractivity contribution in [1.82, 2.24) is 9.78 Å². The molecule has 1 heterocycles. The van der Waals surface area contributed by atoms with Crippen molar-refractivity contribution >= 4 is 15.7 Å². The molecule has 0 amide bonds. The van der Waals surface area contributed by atoms with Crippen molar-refractivity contribution in [3.63, 3.8) is 0 Å². The maximum Gasteiger partial charge on any atom is 0.271 e. The van der Waals surface area contributed by atoms with Crippen molar-refractivity contribution in [2.45, 2.75) is 6.92 Å². The molecule has 0 saturated heterocycles. The fourth-order valence-electron chi connectivity index (χ4n) is 1.63. The average molecular weight is 267 g/mol. The van der Waals surface area contributed by atoms with E-state index in [0.717, 1.165) is 11.9 Å². The third-order valence-electron chi connectivity index (χ3n) is 2.26. The molecule has 2 N–H and O–H groups in total. The van der Waals surface area contributed by atoms with Crippen LogP contribution in [0.25, 0.3) is 5.69 Å². The van der Waals surface area contributed by atoms with Gasteiger partial charge in [-0.1, -0.05) is 6.07 Å². The molecule has 0 aliphatic heterocycles. The van der Waals surface area contributed by atoms with Gasteiger partial charge >= 0.3 is 0 Å². The van der Waals surface area contributed by atoms with Gasteiger partial charge in [0.2, 0.25) is 10.0 Å². The smallest absolute Gasteiger partial charge is 0.271 e. The lowest BCUT2D eigenvalue weighted by Crippen LogP contribution is -2.14. The molecule has 7 heteroatoms. The van der Waals surface area contributed by atoms with Gasteiger partial charge in [0.1, 0.15) is 0 Å². The lowest BCUT2D eigenvalue weighted by molar-refractivity contribution is 0.607. The Hall–Kier alpha value is -2.02. The van der Waals surface area contributed by atoms with Gasteiger partial charge in [0.15, 0.2) is 0 Å². The zero-order valence-corrected chi connectivity index (χ0v) is 10.8. The number of aromatic amines is 1. The van der Waals surface area contributed by atoms with Gasteiger partial charge in [-0.25, -0.2) is 13.1 Å². The molecule has 0 atom stereocenters. The Bertz CT molecular complexity index is 728. The summed E-state index contributed by atoms with van der Waals surface area (Å²) in [6.07, 6.45) is 1.07. The number of rotatable bonds is 3. The first-order chi connectivity index (χ1) is 8.35. The number of nitrogens with one attached hydrogen (secondary N) is 2. The lowest BCUT2D eigenvalue weighted by Gasteiger charge is -2.06. The highest BCUT2D eigenvalue weighted by molar-refractivity contribution is 7.92. The molecule has 1 aromatic carbocycles. The molecule has 6 nitrogen and oxygen atoms in total. The van der Waals surface area contributed by atoms with Gasteiger partial charge in [-0.2, -0.15) is 0 Å². The molecule has 96 valence electrons. The van der Waals surface area contributed by atoms with Gasteiger partial charge in [-0.05, 0) is 25.1 Å². The van der Waals surface area contributed by atoms with Crippen molar-refractivity contribution in [2.75, 3.05) is 11.0 Å². The minimum absolute atomic E-state index is 0.191. The molecule has 0 spiro atoms. The van der Waals surface area contributed by atoms with E-state index in [0.29, 0.717) is 11.4 Å². The SMILES string of the molecule is Cc1cc(=O)n(-c2cccc(NS(C)(=O)=O)c2)[nH]1. The van der Waals surface area contributed by atoms with Crippen LogP contribution in [0, 0.1) is 6.92 Å². The number of hydrogen-bond donors (Lipinski definition) is 2. The molecule has 0 fully saturated rings. The van der Waals surface area contributed by atoms with E-state index < -0.39 is 10.0 Å². The van der Waals surface area contributed by atoms with E-state index in [9.17, 15) is 13.2 Å². The van der Waals surface area contributed by atoms with Crippen LogP contribution in [-0.2, 0) is 10.0 Å². The Morgan fingerprint density at radius 1 is 1.28 bits per heavy atom. The molecule has 0 radical (unpaired) electrons. The minimum atomic E-state index is -3.33. The molecule has 0 unspecified atom stereocenters. The fourth-order valence-corrected chi connectivity index (χ4v) is 2.18. The van der Waals surface area contributed by atoms with Crippen molar-refractivity contribution < 1.29 is 8.42 Å². The van der Waals surface area contributed by atoms with Crippen LogP contribution < -0.4 is 10.3 Å². The fraction of sp³-hybridized carbons (Fsp3) is 0.182. The van der Waals surface area contributed by atoms with Gasteiger partial charge in [0.25, 0.3) is 5.56 Å². The predicted molar refractivity (Wildman–Crippen MR) is 69.6 cm³/mol. The molecule has 0 aliphatic carbocycles. The Balaban J connectivity index is 2.45. The van der Waals surface area contributed by atoms with Gasteiger partial charge in [0, 0.05) is 11.8 Å². The molecular formula is C11H13N3O3S. The van der Waals surface area contributed by atoms with E-state index in [4.69, 9.17) is 0 Å². The second kappa shape index (κ2) is 4.34. The zero-order chi connectivity index (χ0) is 13.3. The van der Waals surface area contributed by atoms with Crippen LogP contribution in [-0.4, -0.2) is 24.5 Å². The Morgan fingerprint density at radius 2 is 2.00 bits per heavy atom. The van der Waals surface area contributed by atoms with Crippen LogP contribution in [0.5, 0.6) is 0 Å². The first-order valence-electron chi connectivity index (χ1n) is 5.22. The first-order valence-corrected chi connectivity index (χ1v) is 7.11. The first kappa shape index (κ1) is 12.4. The van der Waals surface area contributed by atoms with Crippen LogP contribution in [0.1, 0.15) is 5.69 Å². The van der Waals surface area contributed by atoms with E-state index in [1.807, 2.05) is 0 Å². The van der Waals surface area contributed by atoms with E-state index in [1.54, 1.807) is 31.2 Å². The molecule has 0 bridgehead atoms.